The quantitative estimate of drug-likeness (QED) is 0.911. The number of nitrogens with one attached hydrogen (secondary N) is 1. The predicted octanol–water partition coefficient (Wildman–Crippen LogP) is 2.52. The normalized spacial score (nSPS) is 17.6. The van der Waals surface area contributed by atoms with Crippen molar-refractivity contribution in [2.45, 2.75) is 45.6 Å². The number of amides is 1. The van der Waals surface area contributed by atoms with Gasteiger partial charge in [0.2, 0.25) is 5.91 Å². The molecule has 0 bridgehead atoms. The van der Waals surface area contributed by atoms with Gasteiger partial charge in [0.25, 0.3) is 0 Å². The van der Waals surface area contributed by atoms with Crippen molar-refractivity contribution in [1.82, 2.24) is 9.88 Å². The van der Waals surface area contributed by atoms with Gasteiger partial charge < -0.3 is 10.2 Å². The molecule has 1 aromatic heterocycles. The van der Waals surface area contributed by atoms with Crippen molar-refractivity contribution in [2.75, 3.05) is 18.4 Å². The van der Waals surface area contributed by atoms with Crippen molar-refractivity contribution in [2.24, 2.45) is 0 Å². The number of carbonyl (C=O) groups excluding carboxylic acids is 1. The number of nitrogens with zero attached hydrogens (tertiary/aromatic N) is 2. The van der Waals surface area contributed by atoms with E-state index in [-0.39, 0.29) is 11.9 Å². The molecule has 0 saturated carbocycles. The van der Waals surface area contributed by atoms with Gasteiger partial charge in [-0.25, -0.2) is 4.98 Å². The van der Waals surface area contributed by atoms with Crippen molar-refractivity contribution in [3.05, 3.63) is 11.1 Å². The summed E-state index contributed by atoms with van der Waals surface area (Å²) in [5.74, 6) is 0.197. The van der Waals surface area contributed by atoms with Gasteiger partial charge in [0, 0.05) is 18.5 Å². The Balaban J connectivity index is 1.89. The second-order valence-electron chi connectivity index (χ2n) is 4.75. The monoisotopic (exact) mass is 267 g/mol. The first-order chi connectivity index (χ1) is 8.70. The van der Waals surface area contributed by atoms with Crippen LogP contribution in [0.15, 0.2) is 5.38 Å². The molecule has 1 saturated heterocycles. The van der Waals surface area contributed by atoms with E-state index in [2.05, 4.69) is 17.2 Å². The van der Waals surface area contributed by atoms with Crippen molar-refractivity contribution in [3.8, 4) is 0 Å². The predicted molar refractivity (Wildman–Crippen MR) is 75.0 cm³/mol. The van der Waals surface area contributed by atoms with Crippen molar-refractivity contribution in [1.29, 1.82) is 0 Å². The molecule has 1 amide bonds. The lowest BCUT2D eigenvalue weighted by molar-refractivity contribution is -0.132. The van der Waals surface area contributed by atoms with Crippen LogP contribution in [0.25, 0.3) is 0 Å². The second-order valence-corrected chi connectivity index (χ2v) is 5.61. The van der Waals surface area contributed by atoms with Crippen molar-refractivity contribution < 1.29 is 4.79 Å². The Morgan fingerprint density at radius 1 is 1.50 bits per heavy atom. The zero-order valence-corrected chi connectivity index (χ0v) is 11.9. The van der Waals surface area contributed by atoms with Crippen LogP contribution in [0.2, 0.25) is 0 Å². The average Bonchev–Trinajstić information content (AvgIpc) is 2.86. The van der Waals surface area contributed by atoms with E-state index in [1.165, 1.54) is 6.42 Å². The Labute approximate surface area is 112 Å². The first-order valence-electron chi connectivity index (χ1n) is 6.70. The maximum absolute atomic E-state index is 12.2. The minimum Gasteiger partial charge on any atom is -0.350 e. The van der Waals surface area contributed by atoms with Gasteiger partial charge in [-0.3, -0.25) is 4.79 Å². The van der Waals surface area contributed by atoms with Crippen LogP contribution in [0, 0.1) is 0 Å². The number of carbonyl (C=O) groups is 1. The fraction of sp³-hybridized carbons (Fsp3) is 0.692. The van der Waals surface area contributed by atoms with E-state index in [1.807, 2.05) is 17.2 Å². The summed E-state index contributed by atoms with van der Waals surface area (Å²) in [6.07, 6.45) is 4.45. The summed E-state index contributed by atoms with van der Waals surface area (Å²) >= 11 is 1.57. The Bertz CT molecular complexity index is 399. The summed E-state index contributed by atoms with van der Waals surface area (Å²) in [5.41, 5.74) is 1.08. The molecule has 0 spiro atoms. The maximum atomic E-state index is 12.2. The number of aromatic nitrogens is 1. The molecule has 0 aromatic carbocycles. The SMILES string of the molecule is CCc1csc(NC(C)C(=O)N2CCCCC2)n1. The molecule has 18 heavy (non-hydrogen) atoms. The number of thiazole rings is 1. The molecule has 0 radical (unpaired) electrons. The highest BCUT2D eigenvalue weighted by atomic mass is 32.1. The van der Waals surface area contributed by atoms with E-state index in [9.17, 15) is 4.79 Å². The van der Waals surface area contributed by atoms with E-state index in [1.54, 1.807) is 11.3 Å². The van der Waals surface area contributed by atoms with Crippen molar-refractivity contribution in [3.63, 3.8) is 0 Å². The van der Waals surface area contributed by atoms with E-state index in [0.29, 0.717) is 0 Å². The summed E-state index contributed by atoms with van der Waals surface area (Å²) in [4.78, 5) is 18.6. The van der Waals surface area contributed by atoms with Gasteiger partial charge in [-0.15, -0.1) is 11.3 Å². The van der Waals surface area contributed by atoms with Crippen LogP contribution >= 0.6 is 11.3 Å². The van der Waals surface area contributed by atoms with E-state index in [0.717, 1.165) is 43.2 Å². The van der Waals surface area contributed by atoms with E-state index in [4.69, 9.17) is 0 Å². The summed E-state index contributed by atoms with van der Waals surface area (Å²) in [6, 6.07) is -0.182. The molecule has 1 unspecified atom stereocenters. The number of rotatable bonds is 4. The lowest BCUT2D eigenvalue weighted by Gasteiger charge is -2.29. The molecule has 1 aliphatic heterocycles. The summed E-state index contributed by atoms with van der Waals surface area (Å²) in [5, 5.41) is 6.10. The number of hydrogen-bond acceptors (Lipinski definition) is 4. The Hall–Kier alpha value is -1.10. The minimum absolute atomic E-state index is 0.182. The van der Waals surface area contributed by atoms with Gasteiger partial charge in [-0.1, -0.05) is 6.92 Å². The highest BCUT2D eigenvalue weighted by molar-refractivity contribution is 7.13. The molecule has 1 aromatic rings. The Kier molecular flexibility index (Phi) is 4.58. The smallest absolute Gasteiger partial charge is 0.244 e. The van der Waals surface area contributed by atoms with Gasteiger partial charge in [-0.05, 0) is 32.6 Å². The molecule has 1 fully saturated rings. The third-order valence-electron chi connectivity index (χ3n) is 3.29. The third-order valence-corrected chi connectivity index (χ3v) is 4.11. The minimum atomic E-state index is -0.182. The zero-order valence-electron chi connectivity index (χ0n) is 11.1. The molecule has 1 aliphatic rings. The molecule has 100 valence electrons. The van der Waals surface area contributed by atoms with Crippen LogP contribution in [-0.2, 0) is 11.2 Å². The first kappa shape index (κ1) is 13.3. The molecule has 0 aliphatic carbocycles. The number of anilines is 1. The van der Waals surface area contributed by atoms with Crippen LogP contribution < -0.4 is 5.32 Å². The van der Waals surface area contributed by atoms with Gasteiger partial charge >= 0.3 is 0 Å². The number of aryl methyl sites for hydroxylation is 1. The number of hydrogen-bond donors (Lipinski definition) is 1. The lowest BCUT2D eigenvalue weighted by Crippen LogP contribution is -2.43. The molecule has 1 N–H and O–H groups in total. The topological polar surface area (TPSA) is 45.2 Å². The van der Waals surface area contributed by atoms with Crippen LogP contribution in [0.3, 0.4) is 0 Å². The van der Waals surface area contributed by atoms with Crippen LogP contribution in [-0.4, -0.2) is 34.9 Å². The van der Waals surface area contributed by atoms with Crippen LogP contribution in [0.5, 0.6) is 0 Å². The zero-order chi connectivity index (χ0) is 13.0. The molecular weight excluding hydrogens is 246 g/mol. The second kappa shape index (κ2) is 6.18. The summed E-state index contributed by atoms with van der Waals surface area (Å²) < 4.78 is 0. The number of piperidine rings is 1. The van der Waals surface area contributed by atoms with Crippen LogP contribution in [0.1, 0.15) is 38.8 Å². The van der Waals surface area contributed by atoms with Crippen molar-refractivity contribution >= 4 is 22.4 Å². The first-order valence-corrected chi connectivity index (χ1v) is 7.58. The highest BCUT2D eigenvalue weighted by Gasteiger charge is 2.22. The third kappa shape index (κ3) is 3.22. The summed E-state index contributed by atoms with van der Waals surface area (Å²) in [6.45, 7) is 5.82. The van der Waals surface area contributed by atoms with Crippen LogP contribution in [0.4, 0.5) is 5.13 Å². The average molecular weight is 267 g/mol. The molecule has 2 rings (SSSR count). The standard InChI is InChI=1S/C13H21N3OS/c1-3-11-9-18-13(15-11)14-10(2)12(17)16-7-5-4-6-8-16/h9-10H,3-8H2,1-2H3,(H,14,15). The van der Waals surface area contributed by atoms with E-state index < -0.39 is 0 Å². The lowest BCUT2D eigenvalue weighted by atomic mass is 10.1. The van der Waals surface area contributed by atoms with Gasteiger partial charge in [0.1, 0.15) is 6.04 Å². The molecule has 4 nitrogen and oxygen atoms in total. The van der Waals surface area contributed by atoms with Gasteiger partial charge in [-0.2, -0.15) is 0 Å². The highest BCUT2D eigenvalue weighted by Crippen LogP contribution is 2.18. The van der Waals surface area contributed by atoms with Gasteiger partial charge in [0.05, 0.1) is 5.69 Å². The Morgan fingerprint density at radius 3 is 2.83 bits per heavy atom. The maximum Gasteiger partial charge on any atom is 0.244 e. The molecule has 5 heteroatoms. The van der Waals surface area contributed by atoms with Gasteiger partial charge in [0.15, 0.2) is 5.13 Å². The fourth-order valence-electron chi connectivity index (χ4n) is 2.17. The molecule has 1 atom stereocenters. The Morgan fingerprint density at radius 2 is 2.22 bits per heavy atom. The number of likely N-dealkylation sites (tertiary alicyclic amines) is 1. The fourth-order valence-corrected chi connectivity index (χ4v) is 3.05. The summed E-state index contributed by atoms with van der Waals surface area (Å²) in [7, 11) is 0. The van der Waals surface area contributed by atoms with E-state index >= 15 is 0 Å². The molecular formula is C13H21N3OS. The largest absolute Gasteiger partial charge is 0.350 e. The molecule has 2 heterocycles.